The van der Waals surface area contributed by atoms with E-state index in [0.29, 0.717) is 5.82 Å². The van der Waals surface area contributed by atoms with Crippen LogP contribution in [0, 0.1) is 0 Å². The molecular weight excluding hydrogens is 250 g/mol. The van der Waals surface area contributed by atoms with Crippen molar-refractivity contribution in [3.8, 4) is 0 Å². The number of nitrogens with zero attached hydrogens (tertiary/aromatic N) is 1. The first-order chi connectivity index (χ1) is 8.50. The zero-order chi connectivity index (χ0) is 13.2. The Hall–Kier alpha value is -1.95. The second-order valence-electron chi connectivity index (χ2n) is 4.36. The van der Waals surface area contributed by atoms with E-state index in [1.165, 1.54) is 23.5 Å². The van der Waals surface area contributed by atoms with Gasteiger partial charge in [-0.2, -0.15) is 5.10 Å². The van der Waals surface area contributed by atoms with Crippen LogP contribution in [0.4, 0.5) is 5.82 Å². The van der Waals surface area contributed by atoms with Gasteiger partial charge in [0.25, 0.3) is 5.56 Å². The van der Waals surface area contributed by atoms with Crippen LogP contribution in [0.25, 0.3) is 0 Å². The molecule has 5 nitrogen and oxygen atoms in total. The van der Waals surface area contributed by atoms with Crippen molar-refractivity contribution in [2.75, 3.05) is 5.32 Å². The fraction of sp³-hybridized carbons (Fsp3) is 0.250. The maximum Gasteiger partial charge on any atom is 0.264 e. The van der Waals surface area contributed by atoms with Crippen molar-refractivity contribution >= 4 is 23.1 Å². The number of carbonyl (C=O) groups excluding carboxylic acids is 1. The highest BCUT2D eigenvalue weighted by Gasteiger charge is 2.31. The lowest BCUT2D eigenvalue weighted by molar-refractivity contribution is -0.120. The SMILES string of the molecule is CC(C)(C(=O)Nc1ccc(=O)[nH]n1)c1cccs1. The molecule has 2 heterocycles. The van der Waals surface area contributed by atoms with Crippen molar-refractivity contribution in [2.24, 2.45) is 0 Å². The van der Waals surface area contributed by atoms with Crippen LogP contribution in [-0.2, 0) is 10.2 Å². The van der Waals surface area contributed by atoms with Gasteiger partial charge in [0, 0.05) is 10.9 Å². The van der Waals surface area contributed by atoms with E-state index in [-0.39, 0.29) is 11.5 Å². The van der Waals surface area contributed by atoms with Gasteiger partial charge in [0.05, 0.1) is 5.41 Å². The molecule has 0 aromatic carbocycles. The van der Waals surface area contributed by atoms with E-state index in [9.17, 15) is 9.59 Å². The molecule has 0 saturated carbocycles. The van der Waals surface area contributed by atoms with E-state index in [1.807, 2.05) is 31.4 Å². The number of hydrogen-bond donors (Lipinski definition) is 2. The second kappa shape index (κ2) is 4.73. The van der Waals surface area contributed by atoms with Crippen LogP contribution in [0.2, 0.25) is 0 Å². The Kier molecular flexibility index (Phi) is 3.29. The number of amides is 1. The number of aromatic nitrogens is 2. The average molecular weight is 263 g/mol. The molecule has 0 aliphatic heterocycles. The van der Waals surface area contributed by atoms with Gasteiger partial charge in [-0.1, -0.05) is 6.07 Å². The minimum absolute atomic E-state index is 0.163. The van der Waals surface area contributed by atoms with Crippen LogP contribution in [-0.4, -0.2) is 16.1 Å². The lowest BCUT2D eigenvalue weighted by Crippen LogP contribution is -2.34. The summed E-state index contributed by atoms with van der Waals surface area (Å²) in [6.07, 6.45) is 0. The van der Waals surface area contributed by atoms with Gasteiger partial charge in [0.15, 0.2) is 5.82 Å². The van der Waals surface area contributed by atoms with E-state index >= 15 is 0 Å². The number of carbonyl (C=O) groups is 1. The Balaban J connectivity index is 2.17. The molecule has 0 unspecified atom stereocenters. The number of anilines is 1. The van der Waals surface area contributed by atoms with Crippen molar-refractivity contribution in [1.82, 2.24) is 10.2 Å². The molecule has 0 atom stereocenters. The van der Waals surface area contributed by atoms with Crippen LogP contribution in [0.15, 0.2) is 34.4 Å². The van der Waals surface area contributed by atoms with Gasteiger partial charge in [-0.05, 0) is 31.4 Å². The first-order valence-corrected chi connectivity index (χ1v) is 6.29. The van der Waals surface area contributed by atoms with Crippen LogP contribution in [0.5, 0.6) is 0 Å². The maximum atomic E-state index is 12.2. The van der Waals surface area contributed by atoms with Crippen LogP contribution < -0.4 is 10.9 Å². The zero-order valence-corrected chi connectivity index (χ0v) is 10.9. The monoisotopic (exact) mass is 263 g/mol. The number of H-pyrrole nitrogens is 1. The Labute approximate surface area is 108 Å². The lowest BCUT2D eigenvalue weighted by Gasteiger charge is -2.21. The van der Waals surface area contributed by atoms with Crippen molar-refractivity contribution < 1.29 is 4.79 Å². The molecule has 0 aliphatic carbocycles. The van der Waals surface area contributed by atoms with Gasteiger partial charge in [0.1, 0.15) is 0 Å². The van der Waals surface area contributed by atoms with Gasteiger partial charge >= 0.3 is 0 Å². The fourth-order valence-corrected chi connectivity index (χ4v) is 2.28. The number of rotatable bonds is 3. The summed E-state index contributed by atoms with van der Waals surface area (Å²) in [4.78, 5) is 24.0. The second-order valence-corrected chi connectivity index (χ2v) is 5.31. The number of aromatic amines is 1. The van der Waals surface area contributed by atoms with Crippen molar-refractivity contribution in [3.05, 3.63) is 44.9 Å². The summed E-state index contributed by atoms with van der Waals surface area (Å²) in [6, 6.07) is 6.62. The molecular formula is C12H13N3O2S. The first kappa shape index (κ1) is 12.5. The third-order valence-corrected chi connectivity index (χ3v) is 3.82. The number of thiophene rings is 1. The van der Waals surface area contributed by atoms with Gasteiger partial charge in [0.2, 0.25) is 5.91 Å². The quantitative estimate of drug-likeness (QED) is 0.885. The van der Waals surface area contributed by atoms with Gasteiger partial charge < -0.3 is 5.32 Å². The smallest absolute Gasteiger partial charge is 0.264 e. The highest BCUT2D eigenvalue weighted by atomic mass is 32.1. The molecule has 0 aliphatic rings. The maximum absolute atomic E-state index is 12.2. The molecule has 0 saturated heterocycles. The van der Waals surface area contributed by atoms with E-state index in [1.54, 1.807) is 0 Å². The molecule has 0 bridgehead atoms. The summed E-state index contributed by atoms with van der Waals surface area (Å²) < 4.78 is 0. The topological polar surface area (TPSA) is 74.8 Å². The predicted molar refractivity (Wildman–Crippen MR) is 70.8 cm³/mol. The molecule has 6 heteroatoms. The Bertz CT molecular complexity index is 582. The van der Waals surface area contributed by atoms with Crippen LogP contribution >= 0.6 is 11.3 Å². The summed E-state index contributed by atoms with van der Waals surface area (Å²) >= 11 is 1.53. The van der Waals surface area contributed by atoms with Gasteiger partial charge in [-0.3, -0.25) is 9.59 Å². The highest BCUT2D eigenvalue weighted by Crippen LogP contribution is 2.28. The molecule has 1 amide bonds. The molecule has 0 spiro atoms. The minimum atomic E-state index is -0.633. The zero-order valence-electron chi connectivity index (χ0n) is 10.1. The number of nitrogens with one attached hydrogen (secondary N) is 2. The van der Waals surface area contributed by atoms with Crippen molar-refractivity contribution in [1.29, 1.82) is 0 Å². The van der Waals surface area contributed by atoms with Gasteiger partial charge in [-0.15, -0.1) is 11.3 Å². The normalized spacial score (nSPS) is 11.2. The Morgan fingerprint density at radius 3 is 2.72 bits per heavy atom. The summed E-state index contributed by atoms with van der Waals surface area (Å²) in [5, 5.41) is 10.6. The Morgan fingerprint density at radius 2 is 2.17 bits per heavy atom. The molecule has 94 valence electrons. The fourth-order valence-electron chi connectivity index (χ4n) is 1.43. The number of hydrogen-bond acceptors (Lipinski definition) is 4. The van der Waals surface area contributed by atoms with Gasteiger partial charge in [-0.25, -0.2) is 5.10 Å². The molecule has 18 heavy (non-hydrogen) atoms. The van der Waals surface area contributed by atoms with Crippen LogP contribution in [0.3, 0.4) is 0 Å². The third-order valence-electron chi connectivity index (χ3n) is 2.63. The Morgan fingerprint density at radius 1 is 1.39 bits per heavy atom. The largest absolute Gasteiger partial charge is 0.308 e. The molecule has 2 N–H and O–H groups in total. The summed E-state index contributed by atoms with van der Waals surface area (Å²) in [6.45, 7) is 3.69. The standard InChI is InChI=1S/C12H13N3O2S/c1-12(2,8-4-3-7-18-8)11(17)13-9-5-6-10(16)15-14-9/h3-7H,1-2H3,(H,15,16)(H,13,14,17). The van der Waals surface area contributed by atoms with E-state index in [2.05, 4.69) is 15.5 Å². The van der Waals surface area contributed by atoms with E-state index in [0.717, 1.165) is 4.88 Å². The minimum Gasteiger partial charge on any atom is -0.308 e. The summed E-state index contributed by atoms with van der Waals surface area (Å²) in [5.41, 5.74) is -0.933. The summed E-state index contributed by atoms with van der Waals surface area (Å²) in [7, 11) is 0. The van der Waals surface area contributed by atoms with Crippen molar-refractivity contribution in [3.63, 3.8) is 0 Å². The molecule has 2 rings (SSSR count). The molecule has 0 fully saturated rings. The lowest BCUT2D eigenvalue weighted by atomic mass is 9.90. The molecule has 2 aromatic rings. The summed E-state index contributed by atoms with van der Waals surface area (Å²) in [5.74, 6) is 0.175. The van der Waals surface area contributed by atoms with E-state index in [4.69, 9.17) is 0 Å². The predicted octanol–water partition coefficient (Wildman–Crippen LogP) is 1.75. The van der Waals surface area contributed by atoms with Crippen LogP contribution in [0.1, 0.15) is 18.7 Å². The molecule has 0 radical (unpaired) electrons. The average Bonchev–Trinajstić information content (AvgIpc) is 2.86. The first-order valence-electron chi connectivity index (χ1n) is 5.41. The molecule has 2 aromatic heterocycles. The van der Waals surface area contributed by atoms with E-state index < -0.39 is 5.41 Å². The highest BCUT2D eigenvalue weighted by molar-refractivity contribution is 7.10. The third kappa shape index (κ3) is 2.48. The van der Waals surface area contributed by atoms with Crippen molar-refractivity contribution in [2.45, 2.75) is 19.3 Å².